The summed E-state index contributed by atoms with van der Waals surface area (Å²) in [6, 6.07) is 34.7. The van der Waals surface area contributed by atoms with Gasteiger partial charge in [-0.25, -0.2) is 0 Å². The molecule has 0 N–H and O–H groups in total. The first-order valence-electron chi connectivity index (χ1n) is 12.5. The van der Waals surface area contributed by atoms with Gasteiger partial charge in [-0.3, -0.25) is 0 Å². The predicted molar refractivity (Wildman–Crippen MR) is 157 cm³/mol. The quantitative estimate of drug-likeness (QED) is 0.207. The molecule has 0 nitrogen and oxygen atoms in total. The van der Waals surface area contributed by atoms with E-state index in [0.29, 0.717) is 0 Å². The van der Waals surface area contributed by atoms with Gasteiger partial charge in [-0.1, -0.05) is 0 Å². The van der Waals surface area contributed by atoms with E-state index in [1.807, 2.05) is 0 Å². The normalized spacial score (nSPS) is 14.7. The van der Waals surface area contributed by atoms with Gasteiger partial charge in [0.15, 0.2) is 0 Å². The summed E-state index contributed by atoms with van der Waals surface area (Å²) in [5, 5.41) is 0. The Morgan fingerprint density at radius 3 is 1.36 bits per heavy atom. The van der Waals surface area contributed by atoms with Crippen LogP contribution in [0.4, 0.5) is 0 Å². The molecule has 0 aliphatic heterocycles. The molecule has 178 valence electrons. The van der Waals surface area contributed by atoms with E-state index in [1.54, 1.807) is 0 Å². The second kappa shape index (κ2) is 9.10. The summed E-state index contributed by atoms with van der Waals surface area (Å²) in [4.78, 5) is 0. The molecular formula is C32H28Cl2SiZr. The number of allylic oxidation sites excluding steroid dienone is 2. The van der Waals surface area contributed by atoms with E-state index in [2.05, 4.69) is 122 Å². The minimum absolute atomic E-state index is 0.923. The molecule has 4 aromatic carbocycles. The second-order valence-electron chi connectivity index (χ2n) is 10.2. The Morgan fingerprint density at radius 2 is 0.972 bits per heavy atom. The van der Waals surface area contributed by atoms with Crippen LogP contribution in [-0.4, -0.2) is 5.43 Å². The van der Waals surface area contributed by atoms with E-state index < -0.39 is 20.4 Å². The van der Waals surface area contributed by atoms with Crippen LogP contribution < -0.4 is 6.54 Å². The maximum atomic E-state index is 8.10. The molecule has 0 atom stereocenters. The van der Waals surface area contributed by atoms with Gasteiger partial charge in [0.25, 0.3) is 0 Å². The van der Waals surface area contributed by atoms with Crippen LogP contribution in [0.25, 0.3) is 23.3 Å². The van der Waals surface area contributed by atoms with E-state index >= 15 is 0 Å². The van der Waals surface area contributed by atoms with Crippen LogP contribution in [0, 0.1) is 0 Å². The SMILES string of the molecule is C[Si](C)=[Zr]([Cl])([Cl])([c]1cccc2c1C=C(c1ccccc1)C2)[c]1cccc2c1C=C(c1ccccc1)C2. The van der Waals surface area contributed by atoms with Crippen molar-refractivity contribution in [1.29, 1.82) is 0 Å². The summed E-state index contributed by atoms with van der Waals surface area (Å²) in [5.41, 5.74) is 9.33. The van der Waals surface area contributed by atoms with Crippen LogP contribution in [0.1, 0.15) is 33.4 Å². The second-order valence-corrected chi connectivity index (χ2v) is 47.0. The summed E-state index contributed by atoms with van der Waals surface area (Å²) in [5.74, 6) is 0. The number of hydrogen-bond donors (Lipinski definition) is 0. The zero-order valence-electron chi connectivity index (χ0n) is 20.6. The van der Waals surface area contributed by atoms with Crippen LogP contribution in [0.2, 0.25) is 13.1 Å². The van der Waals surface area contributed by atoms with E-state index in [1.165, 1.54) is 51.1 Å². The molecule has 0 saturated carbocycles. The van der Waals surface area contributed by atoms with Gasteiger partial charge in [0, 0.05) is 0 Å². The maximum absolute atomic E-state index is 8.10. The van der Waals surface area contributed by atoms with Gasteiger partial charge in [-0.05, 0) is 0 Å². The predicted octanol–water partition coefficient (Wildman–Crippen LogP) is 8.08. The van der Waals surface area contributed by atoms with Crippen LogP contribution in [0.15, 0.2) is 97.1 Å². The number of rotatable bonds is 4. The van der Waals surface area contributed by atoms with Crippen molar-refractivity contribution in [2.45, 2.75) is 25.9 Å². The van der Waals surface area contributed by atoms with Crippen molar-refractivity contribution in [3.63, 3.8) is 0 Å². The molecule has 4 heteroatoms. The molecule has 0 fully saturated rings. The summed E-state index contributed by atoms with van der Waals surface area (Å²) < 4.78 is 2.44. The zero-order chi connectivity index (χ0) is 24.9. The molecule has 4 aromatic rings. The monoisotopic (exact) mass is 600 g/mol. The van der Waals surface area contributed by atoms with Crippen molar-refractivity contribution in [3.8, 4) is 0 Å². The summed E-state index contributed by atoms with van der Waals surface area (Å²) >= 11 is -4.70. The van der Waals surface area contributed by atoms with E-state index in [0.717, 1.165) is 12.8 Å². The molecule has 0 unspecified atom stereocenters. The molecule has 6 rings (SSSR count). The first-order chi connectivity index (χ1) is 17.4. The van der Waals surface area contributed by atoms with Crippen LogP contribution in [0.3, 0.4) is 0 Å². The summed E-state index contributed by atoms with van der Waals surface area (Å²) in [6.07, 6.45) is 6.56. The number of benzene rings is 4. The first-order valence-corrected chi connectivity index (χ1v) is 27.5. The standard InChI is InChI=1S/2C15H11.C2H6Si.2ClH.Zr/c2*1-2-6-12(7-3-1)15-10-13-8-4-5-9-14(13)11-15;1-3-2;;;/h2*1-8,11H,10H2;1-2H3;2*1H;/q;;;;;+2/p-2. The fourth-order valence-electron chi connectivity index (χ4n) is 5.86. The van der Waals surface area contributed by atoms with Gasteiger partial charge < -0.3 is 0 Å². The molecule has 0 saturated heterocycles. The van der Waals surface area contributed by atoms with E-state index in [4.69, 9.17) is 17.0 Å². The van der Waals surface area contributed by atoms with Gasteiger partial charge in [0.05, 0.1) is 0 Å². The van der Waals surface area contributed by atoms with E-state index in [9.17, 15) is 0 Å². The topological polar surface area (TPSA) is 0 Å². The van der Waals surface area contributed by atoms with Gasteiger partial charge >= 0.3 is 224 Å². The molecule has 0 aromatic heterocycles. The van der Waals surface area contributed by atoms with Crippen LogP contribution in [0.5, 0.6) is 0 Å². The molecule has 2 aliphatic rings. The number of hydrogen-bond acceptors (Lipinski definition) is 0. The average Bonchev–Trinajstić information content (AvgIpc) is 3.54. The van der Waals surface area contributed by atoms with Gasteiger partial charge in [-0.15, -0.1) is 0 Å². The Bertz CT molecular complexity index is 1520. The van der Waals surface area contributed by atoms with Gasteiger partial charge in [-0.2, -0.15) is 0 Å². The van der Waals surface area contributed by atoms with Crippen molar-refractivity contribution in [3.05, 3.63) is 130 Å². The van der Waals surface area contributed by atoms with Gasteiger partial charge in [0.2, 0.25) is 0 Å². The Labute approximate surface area is 222 Å². The molecule has 0 heterocycles. The van der Waals surface area contributed by atoms with Crippen LogP contribution in [-0.2, 0) is 27.9 Å². The van der Waals surface area contributed by atoms with Crippen molar-refractivity contribution in [2.75, 3.05) is 0 Å². The zero-order valence-corrected chi connectivity index (χ0v) is 25.5. The Morgan fingerprint density at radius 1 is 0.556 bits per heavy atom. The molecule has 0 amide bonds. The van der Waals surface area contributed by atoms with Gasteiger partial charge in [0.1, 0.15) is 0 Å². The Hall–Kier alpha value is -1.96. The molecule has 0 spiro atoms. The van der Waals surface area contributed by atoms with Crippen LogP contribution >= 0.6 is 17.0 Å². The van der Waals surface area contributed by atoms with Crippen molar-refractivity contribution >= 4 is 52.3 Å². The molecule has 36 heavy (non-hydrogen) atoms. The van der Waals surface area contributed by atoms with Crippen molar-refractivity contribution in [1.82, 2.24) is 0 Å². The third-order valence-corrected chi connectivity index (χ3v) is 50.8. The molecule has 0 radical (unpaired) electrons. The third-order valence-electron chi connectivity index (χ3n) is 7.90. The Balaban J connectivity index is 1.58. The number of halogens is 2. The fraction of sp³-hybridized carbons (Fsp3) is 0.125. The van der Waals surface area contributed by atoms with E-state index in [-0.39, 0.29) is 0 Å². The van der Waals surface area contributed by atoms with Crippen molar-refractivity contribution < 1.29 is 15.0 Å². The molecule has 0 bridgehead atoms. The molecular weight excluding hydrogens is 575 g/mol. The Kier molecular flexibility index (Phi) is 6.17. The fourth-order valence-corrected chi connectivity index (χ4v) is 27.5. The molecule has 2 aliphatic carbocycles. The van der Waals surface area contributed by atoms with Crippen molar-refractivity contribution in [2.24, 2.45) is 0 Å². The summed E-state index contributed by atoms with van der Waals surface area (Å²) in [7, 11) is 16.2. The average molecular weight is 603 g/mol. The third kappa shape index (κ3) is 3.81. The minimum atomic E-state index is -4.70. The first kappa shape index (κ1) is 24.4. The summed E-state index contributed by atoms with van der Waals surface area (Å²) in [6.45, 7) is 4.64. The number of fused-ring (bicyclic) bond motifs is 2.